The quantitative estimate of drug-likeness (QED) is 0.371. The Morgan fingerprint density at radius 2 is 1.84 bits per heavy atom. The van der Waals surface area contributed by atoms with Crippen molar-refractivity contribution in [3.8, 4) is 0 Å². The van der Waals surface area contributed by atoms with Gasteiger partial charge in [-0.1, -0.05) is 32.0 Å². The normalized spacial score (nSPS) is 14.7. The fourth-order valence-corrected chi connectivity index (χ4v) is 5.46. The molecule has 1 aliphatic heterocycles. The topological polar surface area (TPSA) is 78.0 Å². The molecule has 1 aliphatic rings. The Morgan fingerprint density at radius 1 is 1.05 bits per heavy atom. The summed E-state index contributed by atoms with van der Waals surface area (Å²) in [5.41, 5.74) is 8.23. The average Bonchev–Trinajstić information content (AvgIpc) is 3.39. The maximum Gasteiger partial charge on any atom is 0.256 e. The lowest BCUT2D eigenvalue weighted by atomic mass is 9.98. The van der Waals surface area contributed by atoms with Crippen LogP contribution in [0.4, 0.5) is 0 Å². The van der Waals surface area contributed by atoms with Crippen molar-refractivity contribution in [1.29, 1.82) is 0 Å². The number of rotatable bonds is 7. The van der Waals surface area contributed by atoms with Gasteiger partial charge in [0.05, 0.1) is 28.8 Å². The molecule has 4 heterocycles. The van der Waals surface area contributed by atoms with Crippen LogP contribution in [0.3, 0.4) is 0 Å². The Labute approximate surface area is 219 Å². The zero-order valence-corrected chi connectivity index (χ0v) is 22.2. The number of piperidine rings is 1. The number of carbonyl (C=O) groups is 1. The number of carbonyl (C=O) groups excluding carboxylic acids is 1. The molecule has 3 aromatic heterocycles. The highest BCUT2D eigenvalue weighted by Gasteiger charge is 2.29. The third-order valence-electron chi connectivity index (χ3n) is 7.52. The molecule has 37 heavy (non-hydrogen) atoms. The number of para-hydroxylation sites is 1. The van der Waals surface area contributed by atoms with Crippen molar-refractivity contribution in [2.45, 2.75) is 65.6 Å². The van der Waals surface area contributed by atoms with E-state index in [1.807, 2.05) is 41.6 Å². The number of hydrogen-bond donors (Lipinski definition) is 1. The van der Waals surface area contributed by atoms with E-state index in [4.69, 9.17) is 9.97 Å². The molecule has 7 nitrogen and oxygen atoms in total. The second-order valence-electron chi connectivity index (χ2n) is 10.5. The number of pyridine rings is 2. The van der Waals surface area contributed by atoms with Crippen molar-refractivity contribution in [3.63, 3.8) is 0 Å². The number of imidazole rings is 1. The maximum atomic E-state index is 13.4. The molecular formula is C30H36N6O. The number of benzene rings is 1. The summed E-state index contributed by atoms with van der Waals surface area (Å²) in [4.78, 5) is 35.0. The molecule has 192 valence electrons. The van der Waals surface area contributed by atoms with Gasteiger partial charge in [-0.2, -0.15) is 0 Å². The second kappa shape index (κ2) is 10.8. The van der Waals surface area contributed by atoms with Crippen molar-refractivity contribution in [2.75, 3.05) is 13.1 Å². The minimum Gasteiger partial charge on any atom is -0.345 e. The van der Waals surface area contributed by atoms with E-state index in [0.717, 1.165) is 61.4 Å². The van der Waals surface area contributed by atoms with Crippen LogP contribution in [0.2, 0.25) is 0 Å². The standard InChI is InChI=1S/C30H36N6O/c1-20(2)24-8-6-12-31-28(24)18-36(17-27-22(4)15-21(3)16-32-27)23-10-13-35(14-11-23)30(37)25-7-5-9-26-29(25)34-19-33-26/h5-9,12,15-16,19-20,23H,10-11,13-14,17-18H2,1-4H3,(H,33,34). The minimum atomic E-state index is 0.0607. The third-order valence-corrected chi connectivity index (χ3v) is 7.52. The number of likely N-dealkylation sites (tertiary alicyclic amines) is 1. The smallest absolute Gasteiger partial charge is 0.256 e. The first kappa shape index (κ1) is 25.1. The number of aromatic amines is 1. The fraction of sp³-hybridized carbons (Fsp3) is 0.400. The van der Waals surface area contributed by atoms with Gasteiger partial charge >= 0.3 is 0 Å². The molecule has 0 unspecified atom stereocenters. The number of H-pyrrole nitrogens is 1. The van der Waals surface area contributed by atoms with Gasteiger partial charge in [0, 0.05) is 44.6 Å². The first-order chi connectivity index (χ1) is 17.9. The fourth-order valence-electron chi connectivity index (χ4n) is 5.46. The summed E-state index contributed by atoms with van der Waals surface area (Å²) in [5.74, 6) is 0.472. The van der Waals surface area contributed by atoms with Gasteiger partial charge in [-0.25, -0.2) is 4.98 Å². The van der Waals surface area contributed by atoms with Crippen molar-refractivity contribution in [1.82, 2.24) is 29.7 Å². The highest BCUT2D eigenvalue weighted by atomic mass is 16.2. The highest BCUT2D eigenvalue weighted by Crippen LogP contribution is 2.26. The Morgan fingerprint density at radius 3 is 2.59 bits per heavy atom. The lowest BCUT2D eigenvalue weighted by Crippen LogP contribution is -2.46. The average molecular weight is 497 g/mol. The lowest BCUT2D eigenvalue weighted by molar-refractivity contribution is 0.0590. The molecule has 0 radical (unpaired) electrons. The molecule has 5 rings (SSSR count). The largest absolute Gasteiger partial charge is 0.345 e. The molecule has 0 saturated carbocycles. The van der Waals surface area contributed by atoms with Crippen molar-refractivity contribution in [3.05, 3.63) is 88.8 Å². The van der Waals surface area contributed by atoms with E-state index in [1.165, 1.54) is 16.7 Å². The van der Waals surface area contributed by atoms with E-state index in [9.17, 15) is 4.79 Å². The van der Waals surface area contributed by atoms with E-state index in [-0.39, 0.29) is 5.91 Å². The van der Waals surface area contributed by atoms with E-state index in [0.29, 0.717) is 17.5 Å². The van der Waals surface area contributed by atoms with E-state index < -0.39 is 0 Å². The summed E-state index contributed by atoms with van der Waals surface area (Å²) in [6.07, 6.45) is 7.33. The molecule has 0 spiro atoms. The predicted molar refractivity (Wildman–Crippen MR) is 146 cm³/mol. The number of nitrogens with one attached hydrogen (secondary N) is 1. The number of nitrogens with zero attached hydrogens (tertiary/aromatic N) is 5. The minimum absolute atomic E-state index is 0.0607. The van der Waals surface area contributed by atoms with Crippen LogP contribution in [-0.2, 0) is 13.1 Å². The molecule has 0 aliphatic carbocycles. The predicted octanol–water partition coefficient (Wildman–Crippen LogP) is 5.40. The van der Waals surface area contributed by atoms with Gasteiger partial charge in [0.2, 0.25) is 0 Å². The first-order valence-corrected chi connectivity index (χ1v) is 13.2. The van der Waals surface area contributed by atoms with Gasteiger partial charge in [0.1, 0.15) is 5.52 Å². The lowest BCUT2D eigenvalue weighted by Gasteiger charge is -2.39. The number of aromatic nitrogens is 4. The first-order valence-electron chi connectivity index (χ1n) is 13.2. The zero-order valence-electron chi connectivity index (χ0n) is 22.2. The van der Waals surface area contributed by atoms with Crippen LogP contribution in [0.5, 0.6) is 0 Å². The number of fused-ring (bicyclic) bond motifs is 1. The van der Waals surface area contributed by atoms with Gasteiger partial charge in [-0.05, 0) is 67.5 Å². The molecule has 1 N–H and O–H groups in total. The molecule has 1 fully saturated rings. The molecule has 0 atom stereocenters. The SMILES string of the molecule is Cc1cnc(CN(Cc2ncccc2C(C)C)C2CCN(C(=O)c3cccc4[nH]cnc34)CC2)c(C)c1. The molecular weight excluding hydrogens is 460 g/mol. The Kier molecular flexibility index (Phi) is 7.33. The maximum absolute atomic E-state index is 13.4. The Balaban J connectivity index is 1.35. The van der Waals surface area contributed by atoms with E-state index in [2.05, 4.69) is 54.7 Å². The van der Waals surface area contributed by atoms with Crippen LogP contribution in [0, 0.1) is 13.8 Å². The summed E-state index contributed by atoms with van der Waals surface area (Å²) in [6.45, 7) is 11.7. The highest BCUT2D eigenvalue weighted by molar-refractivity contribution is 6.04. The second-order valence-corrected chi connectivity index (χ2v) is 10.5. The molecule has 4 aromatic rings. The Bertz CT molecular complexity index is 1390. The molecule has 1 saturated heterocycles. The van der Waals surface area contributed by atoms with Crippen LogP contribution in [-0.4, -0.2) is 54.8 Å². The van der Waals surface area contributed by atoms with Gasteiger partial charge < -0.3 is 9.88 Å². The zero-order chi connectivity index (χ0) is 25.9. The number of amides is 1. The van der Waals surface area contributed by atoms with Crippen LogP contribution in [0.1, 0.15) is 71.0 Å². The number of hydrogen-bond acceptors (Lipinski definition) is 5. The van der Waals surface area contributed by atoms with Crippen LogP contribution >= 0.6 is 0 Å². The molecule has 1 amide bonds. The van der Waals surface area contributed by atoms with Gasteiger partial charge in [0.25, 0.3) is 5.91 Å². The van der Waals surface area contributed by atoms with Gasteiger partial charge in [-0.15, -0.1) is 0 Å². The Hall–Kier alpha value is -3.58. The van der Waals surface area contributed by atoms with Gasteiger partial charge in [0.15, 0.2) is 0 Å². The summed E-state index contributed by atoms with van der Waals surface area (Å²) < 4.78 is 0. The van der Waals surface area contributed by atoms with E-state index in [1.54, 1.807) is 6.33 Å². The molecule has 7 heteroatoms. The van der Waals surface area contributed by atoms with Crippen molar-refractivity contribution >= 4 is 16.9 Å². The van der Waals surface area contributed by atoms with E-state index >= 15 is 0 Å². The monoisotopic (exact) mass is 496 g/mol. The summed E-state index contributed by atoms with van der Waals surface area (Å²) in [7, 11) is 0. The summed E-state index contributed by atoms with van der Waals surface area (Å²) in [6, 6.07) is 12.5. The van der Waals surface area contributed by atoms with Gasteiger partial charge in [-0.3, -0.25) is 19.7 Å². The third kappa shape index (κ3) is 5.42. The van der Waals surface area contributed by atoms with Crippen molar-refractivity contribution in [2.24, 2.45) is 0 Å². The molecule has 1 aromatic carbocycles. The van der Waals surface area contributed by atoms with Crippen LogP contribution in [0.15, 0.2) is 55.1 Å². The van der Waals surface area contributed by atoms with Crippen LogP contribution in [0.25, 0.3) is 11.0 Å². The number of aryl methyl sites for hydroxylation is 2. The van der Waals surface area contributed by atoms with Crippen molar-refractivity contribution < 1.29 is 4.79 Å². The summed E-state index contributed by atoms with van der Waals surface area (Å²) in [5, 5.41) is 0. The summed E-state index contributed by atoms with van der Waals surface area (Å²) >= 11 is 0. The van der Waals surface area contributed by atoms with Crippen LogP contribution < -0.4 is 0 Å². The molecule has 0 bridgehead atoms.